The predicted molar refractivity (Wildman–Crippen MR) is 82.7 cm³/mol. The van der Waals surface area contributed by atoms with Crippen LogP contribution in [0.2, 0.25) is 0 Å². The minimum Gasteiger partial charge on any atom is -0.491 e. The normalized spacial score (nSPS) is 12.6. The highest BCUT2D eigenvalue weighted by Gasteiger charge is 2.14. The van der Waals surface area contributed by atoms with Crippen molar-refractivity contribution in [1.29, 1.82) is 0 Å². The molecule has 1 atom stereocenters. The topological polar surface area (TPSA) is 31.2 Å². The van der Waals surface area contributed by atoms with Crippen molar-refractivity contribution in [2.75, 3.05) is 0 Å². The van der Waals surface area contributed by atoms with E-state index >= 15 is 0 Å². The smallest absolute Gasteiger partial charge is 0.152 e. The van der Waals surface area contributed by atoms with Crippen molar-refractivity contribution in [3.63, 3.8) is 0 Å². The van der Waals surface area contributed by atoms with Gasteiger partial charge in [-0.15, -0.1) is 0 Å². The Labute approximate surface area is 120 Å². The van der Waals surface area contributed by atoms with Crippen molar-refractivity contribution in [2.45, 2.75) is 53.2 Å². The van der Waals surface area contributed by atoms with Crippen LogP contribution in [0.15, 0.2) is 18.2 Å². The van der Waals surface area contributed by atoms with E-state index in [0.29, 0.717) is 0 Å². The molecule has 1 aromatic heterocycles. The largest absolute Gasteiger partial charge is 0.491 e. The first-order chi connectivity index (χ1) is 9.62. The van der Waals surface area contributed by atoms with E-state index in [1.54, 1.807) is 0 Å². The number of benzene rings is 1. The standard InChI is InChI=1S/C17H23NO2/c1-5-7-12(3)20-14-8-9-17-15(10-14)16(11-19)13(4)18(17)6-2/h8-12H,5-7H2,1-4H3. The summed E-state index contributed by atoms with van der Waals surface area (Å²) in [7, 11) is 0. The highest BCUT2D eigenvalue weighted by atomic mass is 16.5. The molecule has 108 valence electrons. The zero-order valence-electron chi connectivity index (χ0n) is 12.8. The first-order valence-electron chi connectivity index (χ1n) is 7.37. The Balaban J connectivity index is 2.45. The van der Waals surface area contributed by atoms with Gasteiger partial charge in [-0.1, -0.05) is 13.3 Å². The lowest BCUT2D eigenvalue weighted by Crippen LogP contribution is -2.10. The van der Waals surface area contributed by atoms with E-state index in [1.165, 1.54) is 0 Å². The van der Waals surface area contributed by atoms with Crippen LogP contribution in [0.1, 0.15) is 49.7 Å². The summed E-state index contributed by atoms with van der Waals surface area (Å²) in [6, 6.07) is 6.03. The third-order valence-corrected chi connectivity index (χ3v) is 3.81. The quantitative estimate of drug-likeness (QED) is 0.733. The number of carbonyl (C=O) groups excluding carboxylic acids is 1. The lowest BCUT2D eigenvalue weighted by molar-refractivity contribution is 0.112. The van der Waals surface area contributed by atoms with Gasteiger partial charge in [0.15, 0.2) is 6.29 Å². The molecule has 20 heavy (non-hydrogen) atoms. The predicted octanol–water partition coefficient (Wildman–Crippen LogP) is 4.35. The number of aldehydes is 1. The van der Waals surface area contributed by atoms with Crippen LogP contribution in [-0.4, -0.2) is 17.0 Å². The number of carbonyl (C=O) groups is 1. The molecule has 0 N–H and O–H groups in total. The fourth-order valence-corrected chi connectivity index (χ4v) is 2.81. The van der Waals surface area contributed by atoms with Gasteiger partial charge in [-0.2, -0.15) is 0 Å². The molecule has 0 amide bonds. The minimum atomic E-state index is 0.200. The maximum absolute atomic E-state index is 11.4. The molecule has 0 spiro atoms. The van der Waals surface area contributed by atoms with Crippen LogP contribution in [-0.2, 0) is 6.54 Å². The number of hydrogen-bond donors (Lipinski definition) is 0. The van der Waals surface area contributed by atoms with Gasteiger partial charge in [0.05, 0.1) is 6.10 Å². The molecule has 0 saturated carbocycles. The Bertz CT molecular complexity index is 613. The number of fused-ring (bicyclic) bond motifs is 1. The van der Waals surface area contributed by atoms with Gasteiger partial charge < -0.3 is 9.30 Å². The van der Waals surface area contributed by atoms with Gasteiger partial charge in [0, 0.05) is 28.7 Å². The minimum absolute atomic E-state index is 0.200. The third-order valence-electron chi connectivity index (χ3n) is 3.81. The molecular weight excluding hydrogens is 250 g/mol. The molecule has 2 aromatic rings. The number of aromatic nitrogens is 1. The van der Waals surface area contributed by atoms with Gasteiger partial charge in [0.25, 0.3) is 0 Å². The highest BCUT2D eigenvalue weighted by molar-refractivity contribution is 6.00. The summed E-state index contributed by atoms with van der Waals surface area (Å²) in [6.45, 7) is 9.18. The first kappa shape index (κ1) is 14.6. The number of ether oxygens (including phenoxy) is 1. The summed E-state index contributed by atoms with van der Waals surface area (Å²) in [6.07, 6.45) is 3.29. The van der Waals surface area contributed by atoms with E-state index in [1.807, 2.05) is 25.1 Å². The second kappa shape index (κ2) is 6.12. The number of rotatable bonds is 6. The number of nitrogens with zero attached hydrogens (tertiary/aromatic N) is 1. The van der Waals surface area contributed by atoms with Crippen molar-refractivity contribution in [3.05, 3.63) is 29.5 Å². The Kier molecular flexibility index (Phi) is 4.48. The molecule has 0 saturated heterocycles. The second-order valence-electron chi connectivity index (χ2n) is 5.26. The Morgan fingerprint density at radius 1 is 1.35 bits per heavy atom. The van der Waals surface area contributed by atoms with Crippen LogP contribution < -0.4 is 4.74 Å². The van der Waals surface area contributed by atoms with E-state index in [4.69, 9.17) is 4.74 Å². The summed E-state index contributed by atoms with van der Waals surface area (Å²) in [5.41, 5.74) is 2.90. The van der Waals surface area contributed by atoms with Crippen molar-refractivity contribution in [1.82, 2.24) is 4.57 Å². The molecule has 0 fully saturated rings. The molecule has 0 aliphatic heterocycles. The Morgan fingerprint density at radius 3 is 2.70 bits per heavy atom. The number of aryl methyl sites for hydroxylation is 1. The van der Waals surface area contributed by atoms with Crippen LogP contribution in [0.5, 0.6) is 5.75 Å². The summed E-state index contributed by atoms with van der Waals surface area (Å²) in [5, 5.41) is 0.987. The molecule has 3 heteroatoms. The van der Waals surface area contributed by atoms with Crippen molar-refractivity contribution in [3.8, 4) is 5.75 Å². The first-order valence-corrected chi connectivity index (χ1v) is 7.37. The number of hydrogen-bond acceptors (Lipinski definition) is 2. The maximum atomic E-state index is 11.4. The molecule has 1 unspecified atom stereocenters. The monoisotopic (exact) mass is 273 g/mol. The zero-order chi connectivity index (χ0) is 14.7. The molecule has 0 bridgehead atoms. The molecule has 3 nitrogen and oxygen atoms in total. The van der Waals surface area contributed by atoms with Crippen LogP contribution in [0.3, 0.4) is 0 Å². The van der Waals surface area contributed by atoms with E-state index in [9.17, 15) is 4.79 Å². The summed E-state index contributed by atoms with van der Waals surface area (Å²) in [5.74, 6) is 0.842. The third kappa shape index (κ3) is 2.58. The summed E-state index contributed by atoms with van der Waals surface area (Å²) < 4.78 is 8.08. The molecule has 0 aliphatic rings. The second-order valence-corrected chi connectivity index (χ2v) is 5.26. The maximum Gasteiger partial charge on any atom is 0.152 e. The summed E-state index contributed by atoms with van der Waals surface area (Å²) in [4.78, 5) is 11.4. The fraction of sp³-hybridized carbons (Fsp3) is 0.471. The van der Waals surface area contributed by atoms with Crippen LogP contribution >= 0.6 is 0 Å². The van der Waals surface area contributed by atoms with Crippen molar-refractivity contribution >= 4 is 17.2 Å². The molecule has 0 aliphatic carbocycles. The van der Waals surface area contributed by atoms with E-state index in [2.05, 4.69) is 25.3 Å². The van der Waals surface area contributed by atoms with Gasteiger partial charge >= 0.3 is 0 Å². The van der Waals surface area contributed by atoms with Crippen LogP contribution in [0.25, 0.3) is 10.9 Å². The van der Waals surface area contributed by atoms with Crippen molar-refractivity contribution in [2.24, 2.45) is 0 Å². The van der Waals surface area contributed by atoms with Gasteiger partial charge in [-0.05, 0) is 45.4 Å². The highest BCUT2D eigenvalue weighted by Crippen LogP contribution is 2.29. The van der Waals surface area contributed by atoms with Crippen LogP contribution in [0.4, 0.5) is 0 Å². The zero-order valence-corrected chi connectivity index (χ0v) is 12.8. The Morgan fingerprint density at radius 2 is 2.10 bits per heavy atom. The molecule has 2 rings (SSSR count). The molecule has 1 aromatic carbocycles. The SMILES string of the molecule is CCCC(C)Oc1ccc2c(c1)c(C=O)c(C)n2CC. The van der Waals surface area contributed by atoms with Crippen LogP contribution in [0, 0.1) is 6.92 Å². The van der Waals surface area contributed by atoms with E-state index < -0.39 is 0 Å². The fourth-order valence-electron chi connectivity index (χ4n) is 2.81. The Hall–Kier alpha value is -1.77. The van der Waals surface area contributed by atoms with E-state index in [-0.39, 0.29) is 6.10 Å². The lowest BCUT2D eigenvalue weighted by atomic mass is 10.1. The van der Waals surface area contributed by atoms with Crippen molar-refractivity contribution < 1.29 is 9.53 Å². The van der Waals surface area contributed by atoms with Gasteiger partial charge in [-0.3, -0.25) is 4.79 Å². The van der Waals surface area contributed by atoms with E-state index in [0.717, 1.165) is 53.6 Å². The molecule has 1 heterocycles. The molecular formula is C17H23NO2. The van der Waals surface area contributed by atoms with Gasteiger partial charge in [0.1, 0.15) is 5.75 Å². The molecule has 0 radical (unpaired) electrons. The summed E-state index contributed by atoms with van der Waals surface area (Å²) >= 11 is 0. The average molecular weight is 273 g/mol. The lowest BCUT2D eigenvalue weighted by Gasteiger charge is -2.14. The van der Waals surface area contributed by atoms with Gasteiger partial charge in [-0.25, -0.2) is 0 Å². The average Bonchev–Trinajstić information content (AvgIpc) is 2.69. The van der Waals surface area contributed by atoms with Gasteiger partial charge in [0.2, 0.25) is 0 Å².